The second-order valence-corrected chi connectivity index (χ2v) is 27.8. The van der Waals surface area contributed by atoms with Gasteiger partial charge in [0.05, 0.1) is 13.2 Å². The zero-order chi connectivity index (χ0) is 53.2. The van der Waals surface area contributed by atoms with Crippen molar-refractivity contribution in [2.45, 2.75) is 280 Å². The first kappa shape index (κ1) is 61.3. The quantitative estimate of drug-likeness (QED) is 0.158. The van der Waals surface area contributed by atoms with Gasteiger partial charge in [0.1, 0.15) is 17.2 Å². The number of hydrogen-bond donors (Lipinski definition) is 3. The van der Waals surface area contributed by atoms with Crippen LogP contribution < -0.4 is 0 Å². The summed E-state index contributed by atoms with van der Waals surface area (Å²) in [4.78, 5) is 0. The molecule has 400 valence electrons. The normalized spacial score (nSPS) is 19.5. The number of aryl methyl sites for hydroxylation is 1. The molecule has 0 spiro atoms. The van der Waals surface area contributed by atoms with Gasteiger partial charge in [0, 0.05) is 12.9 Å². The predicted octanol–water partition coefficient (Wildman–Crippen LogP) is 19.3. The Morgan fingerprint density at radius 2 is 0.743 bits per heavy atom. The van der Waals surface area contributed by atoms with Crippen molar-refractivity contribution >= 4 is 0 Å². The summed E-state index contributed by atoms with van der Waals surface area (Å²) in [7, 11) is 0. The Hall–Kier alpha value is -3.02. The number of aromatic hydroxyl groups is 3. The van der Waals surface area contributed by atoms with Gasteiger partial charge in [-0.1, -0.05) is 215 Å². The Labute approximate surface area is 433 Å². The van der Waals surface area contributed by atoms with Crippen LogP contribution in [0.2, 0.25) is 0 Å². The lowest BCUT2D eigenvalue weighted by Crippen LogP contribution is -2.28. The van der Waals surface area contributed by atoms with E-state index in [1.54, 1.807) is 0 Å². The van der Waals surface area contributed by atoms with E-state index in [0.717, 1.165) is 77.3 Å². The van der Waals surface area contributed by atoms with Gasteiger partial charge < -0.3 is 24.8 Å². The van der Waals surface area contributed by atoms with E-state index in [1.165, 1.54) is 81.8 Å². The second kappa shape index (κ2) is 25.3. The third-order valence-electron chi connectivity index (χ3n) is 14.8. The third-order valence-corrected chi connectivity index (χ3v) is 14.8. The monoisotopic (exact) mass is 971 g/mol. The average Bonchev–Trinajstić information content (AvgIpc) is 3.23. The highest BCUT2D eigenvalue weighted by Crippen LogP contribution is 2.46. The minimum atomic E-state index is -0.332. The number of ether oxygens (including phenoxy) is 2. The van der Waals surface area contributed by atoms with Crippen molar-refractivity contribution in [3.8, 4) is 17.2 Å². The Morgan fingerprint density at radius 3 is 1.09 bits per heavy atom. The Kier molecular flexibility index (Phi) is 22.1. The van der Waals surface area contributed by atoms with Gasteiger partial charge in [-0.2, -0.15) is 0 Å². The van der Waals surface area contributed by atoms with Crippen LogP contribution in [0.4, 0.5) is 0 Å². The fourth-order valence-corrected chi connectivity index (χ4v) is 10.4. The Bertz CT molecular complexity index is 1850. The lowest BCUT2D eigenvalue weighted by atomic mass is 9.73. The highest BCUT2D eigenvalue weighted by Gasteiger charge is 2.33. The lowest BCUT2D eigenvalue weighted by molar-refractivity contribution is -0.206. The number of hydrogen-bond acceptors (Lipinski definition) is 5. The smallest absolute Gasteiger partial charge is 0.183 e. The van der Waals surface area contributed by atoms with Crippen molar-refractivity contribution in [3.63, 3.8) is 0 Å². The molecule has 5 heteroatoms. The minimum Gasteiger partial charge on any atom is -0.507 e. The summed E-state index contributed by atoms with van der Waals surface area (Å²) in [6.07, 6.45) is 17.7. The maximum atomic E-state index is 10.9. The average molecular weight is 972 g/mol. The third kappa shape index (κ3) is 17.9. The molecule has 3 aromatic rings. The molecule has 0 amide bonds. The van der Waals surface area contributed by atoms with Crippen molar-refractivity contribution in [1.82, 2.24) is 0 Å². The zero-order valence-corrected chi connectivity index (χ0v) is 49.2. The van der Waals surface area contributed by atoms with Gasteiger partial charge in [0.2, 0.25) is 0 Å². The zero-order valence-electron chi connectivity index (χ0n) is 49.2. The van der Waals surface area contributed by atoms with Crippen molar-refractivity contribution < 1.29 is 26.2 Å². The largest absolute Gasteiger partial charge is 0.507 e. The first-order valence-corrected chi connectivity index (χ1v) is 28.0. The molecule has 1 aliphatic heterocycles. The maximum absolute atomic E-state index is 10.9. The molecule has 1 saturated heterocycles. The van der Waals surface area contributed by atoms with Gasteiger partial charge >= 0.3 is 0 Å². The van der Waals surface area contributed by atoms with E-state index < -0.39 is 0 Å². The molecule has 3 N–H and O–H groups in total. The SMILES string of the molecule is CCCC1CCC(c2cc(C(C)(C)C)c(O)c(C(C)(C)C)c2)CC1.CCCC1COC(c2cc(C(C)(C)C)c(O)c(C(C)(C)C)c2)OC1.CCCCCCCc1cc(C(C)(C)C)c(O)c(C(C)(C)C)c1.[HH]. The van der Waals surface area contributed by atoms with Gasteiger partial charge in [0.25, 0.3) is 0 Å². The van der Waals surface area contributed by atoms with E-state index in [4.69, 9.17) is 9.47 Å². The Morgan fingerprint density at radius 1 is 0.414 bits per heavy atom. The predicted molar refractivity (Wildman–Crippen MR) is 304 cm³/mol. The van der Waals surface area contributed by atoms with E-state index in [9.17, 15) is 15.3 Å². The number of phenolic OH excluding ortho intramolecular Hbond substituents is 3. The molecule has 1 heterocycles. The van der Waals surface area contributed by atoms with Crippen LogP contribution in [-0.2, 0) is 48.4 Å². The van der Waals surface area contributed by atoms with Crippen LogP contribution in [0, 0.1) is 11.8 Å². The first-order chi connectivity index (χ1) is 32.1. The Balaban J connectivity index is 0.000000363. The number of rotatable bonds is 12. The van der Waals surface area contributed by atoms with Gasteiger partial charge in [-0.05, 0) is 146 Å². The molecule has 0 aromatic heterocycles. The number of phenols is 3. The molecule has 5 rings (SSSR count). The van der Waals surface area contributed by atoms with Crippen LogP contribution in [0.3, 0.4) is 0 Å². The molecule has 3 aromatic carbocycles. The molecule has 0 radical (unpaired) electrons. The molecule has 1 saturated carbocycles. The molecular weight excluding hydrogens is 861 g/mol. The maximum Gasteiger partial charge on any atom is 0.183 e. The number of unbranched alkanes of at least 4 members (excludes halogenated alkanes) is 4. The van der Waals surface area contributed by atoms with Gasteiger partial charge in [-0.15, -0.1) is 0 Å². The van der Waals surface area contributed by atoms with Crippen molar-refractivity contribution in [3.05, 3.63) is 86.5 Å². The molecule has 1 aliphatic carbocycles. The van der Waals surface area contributed by atoms with E-state index in [1.807, 2.05) is 0 Å². The van der Waals surface area contributed by atoms with Crippen LogP contribution in [0.1, 0.15) is 293 Å². The lowest BCUT2D eigenvalue weighted by Gasteiger charge is -2.33. The molecule has 0 bridgehead atoms. The van der Waals surface area contributed by atoms with Crippen LogP contribution in [0.15, 0.2) is 36.4 Å². The summed E-state index contributed by atoms with van der Waals surface area (Å²) in [5.74, 6) is 3.51. The molecular formula is C65H110O5. The standard InChI is InChI=1S/C23H38O.C21H34O3.C21H36O.H2/c1-8-9-16-10-12-17(13-11-16)18-14-19(22(2,3)4)21(24)20(15-18)23(5,6)7;1-8-9-14-12-23-19(24-13-14)15-10-16(20(2,3)4)18(22)17(11-15)21(5,6)7;1-8-9-10-11-12-13-16-14-17(20(2,3)4)19(22)18(15-16)21(5,6)7;/h14-17,24H,8-13H2,1-7H3;10-11,14,19,22H,8-9,12-13H2,1-7H3;14-15,22H,8-13H2,1-7H3;1H. The van der Waals surface area contributed by atoms with E-state index >= 15 is 0 Å². The van der Waals surface area contributed by atoms with Gasteiger partial charge in [-0.3, -0.25) is 0 Å². The van der Waals surface area contributed by atoms with E-state index in [2.05, 4.69) is 182 Å². The van der Waals surface area contributed by atoms with E-state index in [0.29, 0.717) is 29.1 Å². The van der Waals surface area contributed by atoms with Crippen molar-refractivity contribution in [2.75, 3.05) is 13.2 Å². The molecule has 2 aliphatic rings. The topological polar surface area (TPSA) is 79.2 Å². The van der Waals surface area contributed by atoms with Crippen LogP contribution >= 0.6 is 0 Å². The molecule has 0 unspecified atom stereocenters. The van der Waals surface area contributed by atoms with Crippen LogP contribution in [-0.4, -0.2) is 28.5 Å². The summed E-state index contributed by atoms with van der Waals surface area (Å²) in [6, 6.07) is 13.2. The first-order valence-electron chi connectivity index (χ1n) is 28.0. The molecule has 70 heavy (non-hydrogen) atoms. The van der Waals surface area contributed by atoms with Crippen molar-refractivity contribution in [1.29, 1.82) is 0 Å². The van der Waals surface area contributed by atoms with Crippen LogP contribution in [0.25, 0.3) is 0 Å². The molecule has 0 atom stereocenters. The van der Waals surface area contributed by atoms with Gasteiger partial charge in [0.15, 0.2) is 6.29 Å². The summed E-state index contributed by atoms with van der Waals surface area (Å²) >= 11 is 0. The molecule has 5 nitrogen and oxygen atoms in total. The summed E-state index contributed by atoms with van der Waals surface area (Å²) in [5, 5.41) is 32.4. The fraction of sp³-hybridized carbons (Fsp3) is 0.723. The van der Waals surface area contributed by atoms with Crippen LogP contribution in [0.5, 0.6) is 17.2 Å². The van der Waals surface area contributed by atoms with E-state index in [-0.39, 0.29) is 40.2 Å². The minimum absolute atomic E-state index is 0. The number of benzene rings is 3. The fourth-order valence-electron chi connectivity index (χ4n) is 10.4. The second-order valence-electron chi connectivity index (χ2n) is 27.8. The van der Waals surface area contributed by atoms with Gasteiger partial charge in [-0.25, -0.2) is 0 Å². The summed E-state index contributed by atoms with van der Waals surface area (Å²) in [6.45, 7) is 47.3. The highest BCUT2D eigenvalue weighted by molar-refractivity contribution is 5.52. The molecule has 2 fully saturated rings. The van der Waals surface area contributed by atoms with Crippen molar-refractivity contribution in [2.24, 2.45) is 11.8 Å². The summed E-state index contributed by atoms with van der Waals surface area (Å²) < 4.78 is 12.0. The summed E-state index contributed by atoms with van der Waals surface area (Å²) in [5.41, 5.74) is 9.76. The highest BCUT2D eigenvalue weighted by atomic mass is 16.7.